The van der Waals surface area contributed by atoms with E-state index in [0.717, 1.165) is 17.7 Å². The van der Waals surface area contributed by atoms with Crippen molar-refractivity contribution in [1.82, 2.24) is 4.90 Å². The molecule has 0 aliphatic carbocycles. The third-order valence-electron chi connectivity index (χ3n) is 3.69. The Morgan fingerprint density at radius 1 is 1.25 bits per heavy atom. The van der Waals surface area contributed by atoms with E-state index in [-0.39, 0.29) is 5.92 Å². The van der Waals surface area contributed by atoms with Crippen molar-refractivity contribution in [2.45, 2.75) is 18.5 Å². The molecule has 0 spiro atoms. The number of hydrogen-bond donors (Lipinski definition) is 1. The first kappa shape index (κ1) is 14.8. The standard InChI is InChI=1S/C14H16F3NO2/c1-18-7-10(6-11(8-18)13(19)20)9-2-4-12(5-3-9)14(15,16)17/h2-5,10-11H,6-8H2,1H3,(H,19,20). The fourth-order valence-electron chi connectivity index (χ4n) is 2.68. The molecule has 2 rings (SSSR count). The number of piperidine rings is 1. The number of carboxylic acid groups (broad SMARTS) is 1. The van der Waals surface area contributed by atoms with Crippen molar-refractivity contribution in [2.24, 2.45) is 5.92 Å². The molecule has 1 heterocycles. The van der Waals surface area contributed by atoms with Crippen LogP contribution in [-0.2, 0) is 11.0 Å². The Labute approximate surface area is 115 Å². The Hall–Kier alpha value is -1.56. The van der Waals surface area contributed by atoms with Gasteiger partial charge in [-0.15, -0.1) is 0 Å². The fraction of sp³-hybridized carbons (Fsp3) is 0.500. The molecule has 0 aromatic heterocycles. The van der Waals surface area contributed by atoms with E-state index in [1.165, 1.54) is 12.1 Å². The van der Waals surface area contributed by atoms with Crippen LogP contribution in [-0.4, -0.2) is 36.1 Å². The topological polar surface area (TPSA) is 40.5 Å². The monoisotopic (exact) mass is 287 g/mol. The van der Waals surface area contributed by atoms with Gasteiger partial charge >= 0.3 is 12.1 Å². The minimum absolute atomic E-state index is 0.0443. The molecule has 1 N–H and O–H groups in total. The van der Waals surface area contributed by atoms with Gasteiger partial charge < -0.3 is 10.0 Å². The van der Waals surface area contributed by atoms with Crippen LogP contribution < -0.4 is 0 Å². The summed E-state index contributed by atoms with van der Waals surface area (Å²) in [6.45, 7) is 1.14. The summed E-state index contributed by atoms with van der Waals surface area (Å²) in [6, 6.07) is 5.01. The zero-order valence-electron chi connectivity index (χ0n) is 11.0. The average molecular weight is 287 g/mol. The molecule has 6 heteroatoms. The van der Waals surface area contributed by atoms with E-state index in [1.54, 1.807) is 0 Å². The van der Waals surface area contributed by atoms with Crippen LogP contribution in [0.3, 0.4) is 0 Å². The number of rotatable bonds is 2. The smallest absolute Gasteiger partial charge is 0.416 e. The highest BCUT2D eigenvalue weighted by Gasteiger charge is 2.32. The third-order valence-corrected chi connectivity index (χ3v) is 3.69. The van der Waals surface area contributed by atoms with E-state index in [2.05, 4.69) is 0 Å². The first-order valence-corrected chi connectivity index (χ1v) is 6.36. The summed E-state index contributed by atoms with van der Waals surface area (Å²) in [7, 11) is 1.83. The molecule has 0 saturated carbocycles. The lowest BCUT2D eigenvalue weighted by Crippen LogP contribution is -2.40. The molecule has 1 aromatic rings. The van der Waals surface area contributed by atoms with E-state index >= 15 is 0 Å². The minimum Gasteiger partial charge on any atom is -0.481 e. The van der Waals surface area contributed by atoms with Gasteiger partial charge in [0.2, 0.25) is 0 Å². The predicted molar refractivity (Wildman–Crippen MR) is 67.4 cm³/mol. The molecule has 1 aromatic carbocycles. The highest BCUT2D eigenvalue weighted by atomic mass is 19.4. The van der Waals surface area contributed by atoms with Crippen LogP contribution in [0.25, 0.3) is 0 Å². The summed E-state index contributed by atoms with van der Waals surface area (Å²) in [5.74, 6) is -1.37. The first-order valence-electron chi connectivity index (χ1n) is 6.36. The van der Waals surface area contributed by atoms with Crippen LogP contribution in [0.4, 0.5) is 13.2 Å². The lowest BCUT2D eigenvalue weighted by Gasteiger charge is -2.34. The molecular formula is C14H16F3NO2. The normalized spacial score (nSPS) is 24.6. The number of benzene rings is 1. The van der Waals surface area contributed by atoms with Crippen molar-refractivity contribution in [1.29, 1.82) is 0 Å². The Bertz CT molecular complexity index is 484. The van der Waals surface area contributed by atoms with Gasteiger partial charge in [-0.2, -0.15) is 13.2 Å². The van der Waals surface area contributed by atoms with Crippen molar-refractivity contribution in [2.75, 3.05) is 20.1 Å². The van der Waals surface area contributed by atoms with Gasteiger partial charge in [-0.05, 0) is 37.1 Å². The molecule has 3 nitrogen and oxygen atoms in total. The maximum Gasteiger partial charge on any atom is 0.416 e. The quantitative estimate of drug-likeness (QED) is 0.909. The summed E-state index contributed by atoms with van der Waals surface area (Å²) >= 11 is 0. The number of alkyl halides is 3. The van der Waals surface area contributed by atoms with Gasteiger partial charge in [0.15, 0.2) is 0 Å². The van der Waals surface area contributed by atoms with Crippen LogP contribution in [0.2, 0.25) is 0 Å². The molecule has 0 radical (unpaired) electrons. The van der Waals surface area contributed by atoms with Crippen molar-refractivity contribution in [3.05, 3.63) is 35.4 Å². The summed E-state index contributed by atoms with van der Waals surface area (Å²) < 4.78 is 37.5. The predicted octanol–water partition coefficient (Wildman–Crippen LogP) is 2.83. The summed E-state index contributed by atoms with van der Waals surface area (Å²) in [5.41, 5.74) is 0.0796. The fourth-order valence-corrected chi connectivity index (χ4v) is 2.68. The Morgan fingerprint density at radius 3 is 2.35 bits per heavy atom. The molecule has 0 bridgehead atoms. The van der Waals surface area contributed by atoms with Crippen molar-refractivity contribution in [3.63, 3.8) is 0 Å². The van der Waals surface area contributed by atoms with Gasteiger partial charge in [0.1, 0.15) is 0 Å². The lowest BCUT2D eigenvalue weighted by molar-refractivity contribution is -0.143. The second kappa shape index (κ2) is 5.44. The highest BCUT2D eigenvalue weighted by Crippen LogP contribution is 2.33. The van der Waals surface area contributed by atoms with Crippen molar-refractivity contribution in [3.8, 4) is 0 Å². The molecule has 1 fully saturated rings. The van der Waals surface area contributed by atoms with Gasteiger partial charge in [-0.3, -0.25) is 4.79 Å². The van der Waals surface area contributed by atoms with Crippen molar-refractivity contribution >= 4 is 5.97 Å². The number of aliphatic carboxylic acids is 1. The van der Waals surface area contributed by atoms with Crippen LogP contribution in [0.15, 0.2) is 24.3 Å². The summed E-state index contributed by atoms with van der Waals surface area (Å²) in [4.78, 5) is 13.0. The molecule has 110 valence electrons. The van der Waals surface area contributed by atoms with E-state index in [4.69, 9.17) is 5.11 Å². The Balaban J connectivity index is 2.16. The summed E-state index contributed by atoms with van der Waals surface area (Å²) in [5, 5.41) is 9.10. The molecular weight excluding hydrogens is 271 g/mol. The first-order chi connectivity index (χ1) is 9.27. The summed E-state index contributed by atoms with van der Waals surface area (Å²) in [6.07, 6.45) is -3.88. The van der Waals surface area contributed by atoms with Crippen LogP contribution >= 0.6 is 0 Å². The lowest BCUT2D eigenvalue weighted by atomic mass is 9.84. The SMILES string of the molecule is CN1CC(C(=O)O)CC(c2ccc(C(F)(F)F)cc2)C1. The van der Waals surface area contributed by atoms with Crippen molar-refractivity contribution < 1.29 is 23.1 Å². The number of hydrogen-bond acceptors (Lipinski definition) is 2. The Morgan fingerprint density at radius 2 is 1.85 bits per heavy atom. The highest BCUT2D eigenvalue weighted by molar-refractivity contribution is 5.70. The van der Waals surface area contributed by atoms with Gasteiger partial charge in [0.25, 0.3) is 0 Å². The molecule has 1 aliphatic heterocycles. The minimum atomic E-state index is -4.34. The van der Waals surface area contributed by atoms with Gasteiger partial charge in [-0.25, -0.2) is 0 Å². The number of likely N-dealkylation sites (tertiary alicyclic amines) is 1. The van der Waals surface area contributed by atoms with Gasteiger partial charge in [0.05, 0.1) is 11.5 Å². The number of halogens is 3. The molecule has 20 heavy (non-hydrogen) atoms. The van der Waals surface area contributed by atoms with E-state index < -0.39 is 23.6 Å². The van der Waals surface area contributed by atoms with E-state index in [0.29, 0.717) is 19.5 Å². The van der Waals surface area contributed by atoms with E-state index in [1.807, 2.05) is 11.9 Å². The maximum absolute atomic E-state index is 12.5. The number of nitrogens with zero attached hydrogens (tertiary/aromatic N) is 1. The number of carboxylic acids is 1. The second-order valence-electron chi connectivity index (χ2n) is 5.31. The third kappa shape index (κ3) is 3.30. The average Bonchev–Trinajstić information content (AvgIpc) is 2.37. The molecule has 2 unspecified atom stereocenters. The maximum atomic E-state index is 12.5. The number of carbonyl (C=O) groups is 1. The largest absolute Gasteiger partial charge is 0.481 e. The second-order valence-corrected chi connectivity index (χ2v) is 5.31. The number of likely N-dealkylation sites (N-methyl/N-ethyl adjacent to an activating group) is 1. The Kier molecular flexibility index (Phi) is 4.04. The van der Waals surface area contributed by atoms with E-state index in [9.17, 15) is 18.0 Å². The van der Waals surface area contributed by atoms with Crippen LogP contribution in [0, 0.1) is 5.92 Å². The van der Waals surface area contributed by atoms with Gasteiger partial charge in [-0.1, -0.05) is 12.1 Å². The van der Waals surface area contributed by atoms with Gasteiger partial charge in [0, 0.05) is 13.1 Å². The molecule has 1 saturated heterocycles. The molecule has 0 amide bonds. The van der Waals surface area contributed by atoms with Crippen LogP contribution in [0.1, 0.15) is 23.5 Å². The zero-order chi connectivity index (χ0) is 14.9. The molecule has 1 aliphatic rings. The zero-order valence-corrected chi connectivity index (χ0v) is 11.0. The molecule has 2 atom stereocenters. The van der Waals surface area contributed by atoms with Crippen LogP contribution in [0.5, 0.6) is 0 Å².